The van der Waals surface area contributed by atoms with E-state index in [0.29, 0.717) is 5.92 Å². The Balaban J connectivity index is 3.26. The molecule has 0 saturated heterocycles. The van der Waals surface area contributed by atoms with Crippen LogP contribution in [-0.2, 0) is 16.6 Å². The monoisotopic (exact) mass is 248 g/mol. The van der Waals surface area contributed by atoms with Crippen LogP contribution >= 0.6 is 0 Å². The van der Waals surface area contributed by atoms with Gasteiger partial charge in [-0.15, -0.1) is 0 Å². The zero-order valence-electron chi connectivity index (χ0n) is 12.1. The summed E-state index contributed by atoms with van der Waals surface area (Å²) in [6.45, 7) is 10.5. The van der Waals surface area contributed by atoms with Gasteiger partial charge in [-0.25, -0.2) is 0 Å². The second-order valence-electron chi connectivity index (χ2n) is 5.88. The predicted molar refractivity (Wildman–Crippen MR) is 75.2 cm³/mol. The average Bonchev–Trinajstić information content (AvgIpc) is 2.26. The molecule has 2 heteroatoms. The van der Waals surface area contributed by atoms with Gasteiger partial charge in [-0.2, -0.15) is 0 Å². The van der Waals surface area contributed by atoms with Crippen LogP contribution in [-0.4, -0.2) is 11.1 Å². The van der Waals surface area contributed by atoms with E-state index in [-0.39, 0.29) is 11.8 Å². The lowest BCUT2D eigenvalue weighted by Crippen LogP contribution is -2.23. The fraction of sp³-hybridized carbons (Fsp3) is 0.562. The molecule has 0 spiro atoms. The Kier molecular flexibility index (Phi) is 4.55. The Bertz CT molecular complexity index is 431. The molecule has 1 aromatic carbocycles. The van der Waals surface area contributed by atoms with Crippen LogP contribution in [0.4, 0.5) is 0 Å². The Morgan fingerprint density at radius 1 is 1.33 bits per heavy atom. The van der Waals surface area contributed by atoms with Crippen molar-refractivity contribution >= 4 is 5.97 Å². The van der Waals surface area contributed by atoms with Crippen molar-refractivity contribution in [2.45, 2.75) is 58.8 Å². The van der Waals surface area contributed by atoms with Gasteiger partial charge < -0.3 is 5.11 Å². The summed E-state index contributed by atoms with van der Waals surface area (Å²) in [5.41, 5.74) is 3.40. The molecule has 0 aromatic heterocycles. The van der Waals surface area contributed by atoms with Crippen molar-refractivity contribution < 1.29 is 9.90 Å². The van der Waals surface area contributed by atoms with Gasteiger partial charge in [-0.3, -0.25) is 4.79 Å². The Morgan fingerprint density at radius 2 is 1.94 bits per heavy atom. The minimum Gasteiger partial charge on any atom is -0.481 e. The molecule has 1 aromatic rings. The molecule has 0 saturated carbocycles. The van der Waals surface area contributed by atoms with Crippen LogP contribution in [0.2, 0.25) is 0 Å². The van der Waals surface area contributed by atoms with E-state index < -0.39 is 5.97 Å². The van der Waals surface area contributed by atoms with Crippen molar-refractivity contribution in [3.8, 4) is 0 Å². The first-order valence-corrected chi connectivity index (χ1v) is 6.63. The SMILES string of the molecule is CCc1ccc(C(C)C)cc1C(C)(C)CC(=O)O. The van der Waals surface area contributed by atoms with Crippen LogP contribution in [0.1, 0.15) is 63.6 Å². The summed E-state index contributed by atoms with van der Waals surface area (Å²) in [5, 5.41) is 9.05. The van der Waals surface area contributed by atoms with Crippen LogP contribution in [0.15, 0.2) is 18.2 Å². The molecule has 0 aliphatic heterocycles. The summed E-state index contributed by atoms with van der Waals surface area (Å²) in [6.07, 6.45) is 1.11. The van der Waals surface area contributed by atoms with E-state index in [1.807, 2.05) is 13.8 Å². The summed E-state index contributed by atoms with van der Waals surface area (Å²) in [6, 6.07) is 6.49. The maximum absolute atomic E-state index is 11.0. The third-order valence-electron chi connectivity index (χ3n) is 3.50. The zero-order chi connectivity index (χ0) is 13.9. The van der Waals surface area contributed by atoms with Crippen LogP contribution in [0, 0.1) is 0 Å². The van der Waals surface area contributed by atoms with Gasteiger partial charge in [0, 0.05) is 5.41 Å². The second kappa shape index (κ2) is 5.55. The smallest absolute Gasteiger partial charge is 0.304 e. The lowest BCUT2D eigenvalue weighted by Gasteiger charge is -2.27. The maximum atomic E-state index is 11.0. The first-order valence-electron chi connectivity index (χ1n) is 6.63. The van der Waals surface area contributed by atoms with Gasteiger partial charge >= 0.3 is 5.97 Å². The first kappa shape index (κ1) is 14.7. The summed E-state index contributed by atoms with van der Waals surface area (Å²) in [4.78, 5) is 11.0. The number of hydrogen-bond acceptors (Lipinski definition) is 1. The van der Waals surface area contributed by atoms with Crippen LogP contribution in [0.3, 0.4) is 0 Å². The number of aryl methyl sites for hydroxylation is 1. The zero-order valence-corrected chi connectivity index (χ0v) is 12.1. The number of carbonyl (C=O) groups is 1. The Labute approximate surface area is 110 Å². The molecule has 0 atom stereocenters. The molecule has 0 fully saturated rings. The fourth-order valence-electron chi connectivity index (χ4n) is 2.36. The van der Waals surface area contributed by atoms with E-state index in [2.05, 4.69) is 39.0 Å². The topological polar surface area (TPSA) is 37.3 Å². The summed E-state index contributed by atoms with van der Waals surface area (Å²) >= 11 is 0. The standard InChI is InChI=1S/C16H24O2/c1-6-12-7-8-13(11(2)3)9-14(12)16(4,5)10-15(17)18/h7-9,11H,6,10H2,1-5H3,(H,17,18). The van der Waals surface area contributed by atoms with Gasteiger partial charge in [0.05, 0.1) is 6.42 Å². The first-order chi connectivity index (χ1) is 8.27. The Hall–Kier alpha value is -1.31. The minimum atomic E-state index is -0.739. The highest BCUT2D eigenvalue weighted by Crippen LogP contribution is 2.32. The summed E-state index contributed by atoms with van der Waals surface area (Å²) in [7, 11) is 0. The van der Waals surface area contributed by atoms with Gasteiger partial charge in [0.1, 0.15) is 0 Å². The number of carboxylic acids is 1. The molecule has 0 aliphatic rings. The number of carboxylic acid groups (broad SMARTS) is 1. The van der Waals surface area contributed by atoms with Gasteiger partial charge in [-0.05, 0) is 29.0 Å². The summed E-state index contributed by atoms with van der Waals surface area (Å²) < 4.78 is 0. The fourth-order valence-corrected chi connectivity index (χ4v) is 2.36. The van der Waals surface area contributed by atoms with Crippen molar-refractivity contribution in [3.05, 3.63) is 34.9 Å². The molecule has 1 rings (SSSR count). The Morgan fingerprint density at radius 3 is 2.39 bits per heavy atom. The highest BCUT2D eigenvalue weighted by atomic mass is 16.4. The minimum absolute atomic E-state index is 0.168. The predicted octanol–water partition coefficient (Wildman–Crippen LogP) is 4.12. The normalized spacial score (nSPS) is 11.9. The molecule has 0 aliphatic carbocycles. The van der Waals surface area contributed by atoms with E-state index in [1.54, 1.807) is 0 Å². The van der Waals surface area contributed by atoms with Gasteiger partial charge in [0.15, 0.2) is 0 Å². The number of rotatable bonds is 5. The average molecular weight is 248 g/mol. The molecule has 2 nitrogen and oxygen atoms in total. The number of hydrogen-bond donors (Lipinski definition) is 1. The van der Waals surface area contributed by atoms with E-state index in [9.17, 15) is 4.79 Å². The highest BCUT2D eigenvalue weighted by Gasteiger charge is 2.26. The van der Waals surface area contributed by atoms with E-state index in [1.165, 1.54) is 16.7 Å². The van der Waals surface area contributed by atoms with Gasteiger partial charge in [-0.1, -0.05) is 52.8 Å². The molecule has 0 amide bonds. The van der Waals surface area contributed by atoms with E-state index in [0.717, 1.165) is 6.42 Å². The van der Waals surface area contributed by atoms with Crippen LogP contribution in [0.5, 0.6) is 0 Å². The lowest BCUT2D eigenvalue weighted by molar-refractivity contribution is -0.138. The van der Waals surface area contributed by atoms with E-state index >= 15 is 0 Å². The van der Waals surface area contributed by atoms with Crippen molar-refractivity contribution in [2.75, 3.05) is 0 Å². The molecule has 18 heavy (non-hydrogen) atoms. The third-order valence-corrected chi connectivity index (χ3v) is 3.50. The second-order valence-corrected chi connectivity index (χ2v) is 5.88. The third kappa shape index (κ3) is 3.34. The van der Waals surface area contributed by atoms with E-state index in [4.69, 9.17) is 5.11 Å². The molecule has 1 N–H and O–H groups in total. The van der Waals surface area contributed by atoms with Crippen LogP contribution in [0.25, 0.3) is 0 Å². The van der Waals surface area contributed by atoms with Crippen LogP contribution < -0.4 is 0 Å². The molecule has 0 radical (unpaired) electrons. The maximum Gasteiger partial charge on any atom is 0.304 e. The quantitative estimate of drug-likeness (QED) is 0.851. The van der Waals surface area contributed by atoms with Gasteiger partial charge in [0.25, 0.3) is 0 Å². The molecule has 100 valence electrons. The molecule has 0 heterocycles. The summed E-state index contributed by atoms with van der Waals surface area (Å²) in [5.74, 6) is -0.271. The molecular weight excluding hydrogens is 224 g/mol. The number of aliphatic carboxylic acids is 1. The van der Waals surface area contributed by atoms with Crippen molar-refractivity contribution in [1.29, 1.82) is 0 Å². The highest BCUT2D eigenvalue weighted by molar-refractivity contribution is 5.69. The van der Waals surface area contributed by atoms with Crippen molar-refractivity contribution in [2.24, 2.45) is 0 Å². The molecule has 0 unspecified atom stereocenters. The molecule has 0 bridgehead atoms. The lowest BCUT2D eigenvalue weighted by atomic mass is 9.77. The van der Waals surface area contributed by atoms with Crippen molar-refractivity contribution in [1.82, 2.24) is 0 Å². The molecular formula is C16H24O2. The van der Waals surface area contributed by atoms with Gasteiger partial charge in [0.2, 0.25) is 0 Å². The number of benzene rings is 1. The van der Waals surface area contributed by atoms with Crippen molar-refractivity contribution in [3.63, 3.8) is 0 Å². The largest absolute Gasteiger partial charge is 0.481 e.